The van der Waals surface area contributed by atoms with Crippen LogP contribution in [0.25, 0.3) is 11.2 Å². The summed E-state index contributed by atoms with van der Waals surface area (Å²) < 4.78 is 3.30. The van der Waals surface area contributed by atoms with E-state index in [-0.39, 0.29) is 0 Å². The van der Waals surface area contributed by atoms with Gasteiger partial charge in [0.05, 0.1) is 6.54 Å². The van der Waals surface area contributed by atoms with Crippen molar-refractivity contribution in [2.75, 3.05) is 13.1 Å². The van der Waals surface area contributed by atoms with Gasteiger partial charge in [0.1, 0.15) is 5.82 Å². The fourth-order valence-electron chi connectivity index (χ4n) is 3.45. The molecule has 0 radical (unpaired) electrons. The van der Waals surface area contributed by atoms with Crippen molar-refractivity contribution in [1.29, 1.82) is 0 Å². The van der Waals surface area contributed by atoms with Crippen LogP contribution in [0.4, 0.5) is 0 Å². The first-order valence-electron chi connectivity index (χ1n) is 9.59. The third-order valence-corrected chi connectivity index (χ3v) is 5.04. The fraction of sp³-hybridized carbons (Fsp3) is 0.450. The van der Waals surface area contributed by atoms with Crippen LogP contribution in [0.15, 0.2) is 33.9 Å². The topological polar surface area (TPSA) is 75.9 Å². The molecule has 0 saturated carbocycles. The van der Waals surface area contributed by atoms with E-state index in [9.17, 15) is 9.59 Å². The lowest BCUT2D eigenvalue weighted by Gasteiger charge is -2.21. The lowest BCUT2D eigenvalue weighted by molar-refractivity contribution is 0.257. The number of halogens is 1. The quantitative estimate of drug-likeness (QED) is 0.627. The Morgan fingerprint density at radius 1 is 1.11 bits per heavy atom. The van der Waals surface area contributed by atoms with E-state index >= 15 is 0 Å². The Morgan fingerprint density at radius 2 is 1.75 bits per heavy atom. The van der Waals surface area contributed by atoms with Crippen molar-refractivity contribution in [3.8, 4) is 0 Å². The van der Waals surface area contributed by atoms with Crippen molar-refractivity contribution in [3.05, 3.63) is 61.5 Å². The third kappa shape index (κ3) is 4.20. The first-order chi connectivity index (χ1) is 13.4. The second-order valence-electron chi connectivity index (χ2n) is 7.01. The van der Waals surface area contributed by atoms with Gasteiger partial charge in [-0.05, 0) is 43.6 Å². The Hall–Kier alpha value is -2.38. The number of nitrogens with zero attached hydrogens (tertiary/aromatic N) is 4. The molecule has 3 aromatic rings. The highest BCUT2D eigenvalue weighted by Gasteiger charge is 2.19. The summed E-state index contributed by atoms with van der Waals surface area (Å²) in [7, 11) is 1.62. The van der Waals surface area contributed by atoms with Gasteiger partial charge in [-0.15, -0.1) is 0 Å². The molecule has 0 aliphatic rings. The molecule has 150 valence electrons. The van der Waals surface area contributed by atoms with Crippen LogP contribution >= 0.6 is 11.6 Å². The number of aromatic nitrogens is 4. The average Bonchev–Trinajstić information content (AvgIpc) is 3.01. The van der Waals surface area contributed by atoms with Crippen LogP contribution in [0, 0.1) is 0 Å². The van der Waals surface area contributed by atoms with E-state index in [1.165, 1.54) is 4.57 Å². The van der Waals surface area contributed by atoms with Crippen molar-refractivity contribution >= 4 is 22.8 Å². The van der Waals surface area contributed by atoms with E-state index in [1.807, 2.05) is 28.8 Å². The molecule has 0 aliphatic heterocycles. The molecule has 28 heavy (non-hydrogen) atoms. The number of H-pyrrole nitrogens is 1. The van der Waals surface area contributed by atoms with Crippen LogP contribution in [-0.4, -0.2) is 37.1 Å². The summed E-state index contributed by atoms with van der Waals surface area (Å²) >= 11 is 6.00. The molecule has 2 heterocycles. The van der Waals surface area contributed by atoms with Gasteiger partial charge in [-0.2, -0.15) is 0 Å². The summed E-state index contributed by atoms with van der Waals surface area (Å²) in [5.41, 5.74) is 0.962. The molecule has 8 heteroatoms. The Kier molecular flexibility index (Phi) is 6.36. The molecule has 3 rings (SSSR count). The summed E-state index contributed by atoms with van der Waals surface area (Å²) in [6.07, 6.45) is 2.08. The van der Waals surface area contributed by atoms with Crippen LogP contribution < -0.4 is 11.2 Å². The molecule has 1 N–H and O–H groups in total. The van der Waals surface area contributed by atoms with Gasteiger partial charge >= 0.3 is 5.69 Å². The Labute approximate surface area is 168 Å². The monoisotopic (exact) mass is 403 g/mol. The summed E-state index contributed by atoms with van der Waals surface area (Å²) in [5.74, 6) is 0.776. The molecule has 0 spiro atoms. The number of nitrogens with one attached hydrogen (secondary N) is 1. The Balaban J connectivity index is 2.13. The molecular formula is C20H26ClN5O2. The van der Waals surface area contributed by atoms with Crippen LogP contribution in [0.1, 0.15) is 38.1 Å². The molecule has 0 atom stereocenters. The first-order valence-corrected chi connectivity index (χ1v) is 9.97. The number of fused-ring (bicyclic) bond motifs is 1. The molecule has 0 aliphatic carbocycles. The van der Waals surface area contributed by atoms with Gasteiger partial charge in [0.2, 0.25) is 0 Å². The van der Waals surface area contributed by atoms with Crippen molar-refractivity contribution in [2.45, 2.75) is 39.8 Å². The van der Waals surface area contributed by atoms with Crippen molar-refractivity contribution < 1.29 is 0 Å². The zero-order valence-electron chi connectivity index (χ0n) is 16.5. The van der Waals surface area contributed by atoms with Gasteiger partial charge in [0.25, 0.3) is 5.56 Å². The van der Waals surface area contributed by atoms with Gasteiger partial charge in [-0.25, -0.2) is 9.78 Å². The Morgan fingerprint density at radius 3 is 2.36 bits per heavy atom. The van der Waals surface area contributed by atoms with Gasteiger partial charge in [-0.3, -0.25) is 19.2 Å². The number of hydrogen-bond acceptors (Lipinski definition) is 4. The molecule has 0 saturated heterocycles. The van der Waals surface area contributed by atoms with E-state index in [1.54, 1.807) is 7.05 Å². The SMILES string of the molecule is CCCN(CCC)Cc1nc2c(c(=O)[nH]c(=O)n2C)n1Cc1ccc(Cl)cc1. The third-order valence-electron chi connectivity index (χ3n) is 4.78. The van der Waals surface area contributed by atoms with E-state index < -0.39 is 11.2 Å². The predicted octanol–water partition coefficient (Wildman–Crippen LogP) is 2.75. The highest BCUT2D eigenvalue weighted by molar-refractivity contribution is 6.30. The highest BCUT2D eigenvalue weighted by atomic mass is 35.5. The predicted molar refractivity (Wildman–Crippen MR) is 112 cm³/mol. The second-order valence-corrected chi connectivity index (χ2v) is 7.44. The van der Waals surface area contributed by atoms with E-state index in [2.05, 4.69) is 23.7 Å². The van der Waals surface area contributed by atoms with Gasteiger partial charge in [-0.1, -0.05) is 37.6 Å². The molecule has 0 amide bonds. The summed E-state index contributed by atoms with van der Waals surface area (Å²) in [4.78, 5) is 34.0. The largest absolute Gasteiger partial charge is 0.329 e. The standard InChI is InChI=1S/C20H26ClN5O2/c1-4-10-25(11-5-2)13-16-22-18-17(19(27)23-20(28)24(18)3)26(16)12-14-6-8-15(21)9-7-14/h6-9H,4-5,10-13H2,1-3H3,(H,23,27,28). The summed E-state index contributed by atoms with van der Waals surface area (Å²) in [6.45, 7) is 7.30. The number of aromatic amines is 1. The van der Waals surface area contributed by atoms with Crippen molar-refractivity contribution in [2.24, 2.45) is 7.05 Å². The van der Waals surface area contributed by atoms with Crippen LogP contribution in [0.3, 0.4) is 0 Å². The summed E-state index contributed by atoms with van der Waals surface area (Å²) in [6, 6.07) is 7.53. The minimum atomic E-state index is -0.459. The molecule has 0 unspecified atom stereocenters. The fourth-order valence-corrected chi connectivity index (χ4v) is 3.57. The molecule has 1 aromatic carbocycles. The molecule has 0 fully saturated rings. The van der Waals surface area contributed by atoms with Crippen LogP contribution in [0.5, 0.6) is 0 Å². The molecule has 0 bridgehead atoms. The van der Waals surface area contributed by atoms with Gasteiger partial charge < -0.3 is 4.57 Å². The molecular weight excluding hydrogens is 378 g/mol. The maximum absolute atomic E-state index is 12.6. The van der Waals surface area contributed by atoms with Gasteiger partial charge in [0.15, 0.2) is 11.2 Å². The minimum absolute atomic E-state index is 0.408. The van der Waals surface area contributed by atoms with Crippen molar-refractivity contribution in [1.82, 2.24) is 24.0 Å². The van der Waals surface area contributed by atoms with Crippen LogP contribution in [0.2, 0.25) is 5.02 Å². The Bertz CT molecular complexity index is 1060. The zero-order valence-corrected chi connectivity index (χ0v) is 17.3. The normalized spacial score (nSPS) is 11.6. The number of rotatable bonds is 8. The molecule has 7 nitrogen and oxygen atoms in total. The summed E-state index contributed by atoms with van der Waals surface area (Å²) in [5, 5.41) is 0.664. The van der Waals surface area contributed by atoms with E-state index in [0.29, 0.717) is 29.3 Å². The van der Waals surface area contributed by atoms with E-state index in [4.69, 9.17) is 16.6 Å². The second kappa shape index (κ2) is 8.75. The number of imidazole rings is 1. The average molecular weight is 404 g/mol. The molecule has 2 aromatic heterocycles. The maximum Gasteiger partial charge on any atom is 0.329 e. The first kappa shape index (κ1) is 20.4. The van der Waals surface area contributed by atoms with E-state index in [0.717, 1.165) is 37.3 Å². The van der Waals surface area contributed by atoms with Gasteiger partial charge in [0, 0.05) is 18.6 Å². The lowest BCUT2D eigenvalue weighted by atomic mass is 10.2. The number of aryl methyl sites for hydroxylation is 1. The zero-order chi connectivity index (χ0) is 20.3. The minimum Gasteiger partial charge on any atom is -0.317 e. The maximum atomic E-state index is 12.6. The number of hydrogen-bond donors (Lipinski definition) is 1. The smallest absolute Gasteiger partial charge is 0.317 e. The number of benzene rings is 1. The van der Waals surface area contributed by atoms with Crippen LogP contribution in [-0.2, 0) is 20.1 Å². The highest BCUT2D eigenvalue weighted by Crippen LogP contribution is 2.17. The van der Waals surface area contributed by atoms with Crippen molar-refractivity contribution in [3.63, 3.8) is 0 Å². The lowest BCUT2D eigenvalue weighted by Crippen LogP contribution is -2.29.